The van der Waals surface area contributed by atoms with Gasteiger partial charge in [-0.05, 0) is 44.2 Å². The van der Waals surface area contributed by atoms with Gasteiger partial charge < -0.3 is 9.84 Å². The van der Waals surface area contributed by atoms with Crippen molar-refractivity contribution in [1.82, 2.24) is 0 Å². The van der Waals surface area contributed by atoms with Gasteiger partial charge in [0.15, 0.2) is 0 Å². The van der Waals surface area contributed by atoms with Crippen LogP contribution < -0.4 is 0 Å². The smallest absolute Gasteiger partial charge is 0.103 e. The topological polar surface area (TPSA) is 29.5 Å². The van der Waals surface area contributed by atoms with Crippen LogP contribution in [0.2, 0.25) is 0 Å². The quantitative estimate of drug-likeness (QED) is 0.845. The Bertz CT molecular complexity index is 356. The molecule has 1 atom stereocenters. The van der Waals surface area contributed by atoms with Crippen molar-refractivity contribution in [3.05, 3.63) is 34.9 Å². The van der Waals surface area contributed by atoms with Gasteiger partial charge in [-0.25, -0.2) is 0 Å². The lowest BCUT2D eigenvalue weighted by Gasteiger charge is -2.27. The second-order valence-electron chi connectivity index (χ2n) is 4.76. The number of hydrogen-bond donors (Lipinski definition) is 1. The van der Waals surface area contributed by atoms with Crippen molar-refractivity contribution < 1.29 is 9.84 Å². The normalized spacial score (nSPS) is 18.2. The number of aliphatic hydroxyl groups is 1. The fourth-order valence-electron chi connectivity index (χ4n) is 2.05. The van der Waals surface area contributed by atoms with Crippen LogP contribution in [0.5, 0.6) is 0 Å². The first-order chi connectivity index (χ1) is 7.66. The molecule has 0 saturated heterocycles. The Morgan fingerprint density at radius 3 is 2.69 bits per heavy atom. The highest BCUT2D eigenvalue weighted by Crippen LogP contribution is 2.25. The van der Waals surface area contributed by atoms with Crippen LogP contribution in [-0.2, 0) is 4.74 Å². The van der Waals surface area contributed by atoms with Crippen molar-refractivity contribution in [3.63, 3.8) is 0 Å². The molecule has 0 aromatic heterocycles. The molecule has 1 saturated carbocycles. The first-order valence-electron chi connectivity index (χ1n) is 6.03. The number of aliphatic hydroxyl groups excluding tert-OH is 1. The van der Waals surface area contributed by atoms with Crippen LogP contribution in [0.1, 0.15) is 42.1 Å². The molecule has 1 aliphatic rings. The lowest BCUT2D eigenvalue weighted by molar-refractivity contribution is -0.0428. The number of aryl methyl sites for hydroxylation is 2. The van der Waals surface area contributed by atoms with Crippen LogP contribution in [0.4, 0.5) is 0 Å². The third-order valence-corrected chi connectivity index (χ3v) is 3.33. The number of benzene rings is 1. The van der Waals surface area contributed by atoms with E-state index in [4.69, 9.17) is 4.74 Å². The second-order valence-corrected chi connectivity index (χ2v) is 4.76. The molecule has 1 fully saturated rings. The maximum atomic E-state index is 10.0. The molecular weight excluding hydrogens is 200 g/mol. The van der Waals surface area contributed by atoms with Gasteiger partial charge in [-0.2, -0.15) is 0 Å². The number of rotatable bonds is 4. The van der Waals surface area contributed by atoms with Gasteiger partial charge in [0, 0.05) is 0 Å². The molecule has 0 spiro atoms. The van der Waals surface area contributed by atoms with E-state index < -0.39 is 6.10 Å². The van der Waals surface area contributed by atoms with E-state index in [1.54, 1.807) is 0 Å². The molecule has 1 N–H and O–H groups in total. The van der Waals surface area contributed by atoms with Crippen molar-refractivity contribution in [2.45, 2.75) is 45.3 Å². The van der Waals surface area contributed by atoms with Crippen molar-refractivity contribution >= 4 is 0 Å². The van der Waals surface area contributed by atoms with E-state index in [1.165, 1.54) is 12.0 Å². The summed E-state index contributed by atoms with van der Waals surface area (Å²) in [5.74, 6) is 0. The SMILES string of the molecule is Cc1ccc(C(O)COC2CCC2)c(C)c1. The minimum atomic E-state index is -0.485. The Morgan fingerprint density at radius 1 is 1.38 bits per heavy atom. The van der Waals surface area contributed by atoms with Crippen molar-refractivity contribution in [1.29, 1.82) is 0 Å². The molecule has 88 valence electrons. The third kappa shape index (κ3) is 2.63. The zero-order valence-corrected chi connectivity index (χ0v) is 10.1. The number of hydrogen-bond acceptors (Lipinski definition) is 2. The minimum Gasteiger partial charge on any atom is -0.386 e. The highest BCUT2D eigenvalue weighted by Gasteiger charge is 2.20. The van der Waals surface area contributed by atoms with Gasteiger partial charge in [-0.3, -0.25) is 0 Å². The molecule has 0 aliphatic heterocycles. The lowest BCUT2D eigenvalue weighted by Crippen LogP contribution is -2.24. The van der Waals surface area contributed by atoms with Crippen LogP contribution in [0, 0.1) is 13.8 Å². The highest BCUT2D eigenvalue weighted by molar-refractivity contribution is 5.31. The molecule has 0 radical (unpaired) electrons. The summed E-state index contributed by atoms with van der Waals surface area (Å²) >= 11 is 0. The summed E-state index contributed by atoms with van der Waals surface area (Å²) in [7, 11) is 0. The summed E-state index contributed by atoms with van der Waals surface area (Å²) in [6, 6.07) is 6.14. The van der Waals surface area contributed by atoms with Crippen molar-refractivity contribution in [2.75, 3.05) is 6.61 Å². The van der Waals surface area contributed by atoms with Gasteiger partial charge in [-0.15, -0.1) is 0 Å². The predicted molar refractivity (Wildman–Crippen MR) is 64.5 cm³/mol. The Hall–Kier alpha value is -0.860. The second kappa shape index (κ2) is 4.98. The number of ether oxygens (including phenoxy) is 1. The zero-order chi connectivity index (χ0) is 11.5. The molecule has 0 amide bonds. The maximum absolute atomic E-state index is 10.0. The van der Waals surface area contributed by atoms with Crippen LogP contribution >= 0.6 is 0 Å². The molecule has 1 aliphatic carbocycles. The summed E-state index contributed by atoms with van der Waals surface area (Å²) in [6.07, 6.45) is 3.48. The molecular formula is C14H20O2. The highest BCUT2D eigenvalue weighted by atomic mass is 16.5. The summed E-state index contributed by atoms with van der Waals surface area (Å²) < 4.78 is 5.63. The largest absolute Gasteiger partial charge is 0.386 e. The lowest BCUT2D eigenvalue weighted by atomic mass is 9.96. The monoisotopic (exact) mass is 220 g/mol. The molecule has 2 nitrogen and oxygen atoms in total. The van der Waals surface area contributed by atoms with Crippen LogP contribution in [-0.4, -0.2) is 17.8 Å². The van der Waals surface area contributed by atoms with E-state index in [0.29, 0.717) is 12.7 Å². The Morgan fingerprint density at radius 2 is 2.12 bits per heavy atom. The summed E-state index contributed by atoms with van der Waals surface area (Å²) in [5.41, 5.74) is 3.36. The fourth-order valence-corrected chi connectivity index (χ4v) is 2.05. The molecule has 2 heteroatoms. The van der Waals surface area contributed by atoms with Gasteiger partial charge in [-0.1, -0.05) is 23.8 Å². The first kappa shape index (κ1) is 11.6. The molecule has 16 heavy (non-hydrogen) atoms. The summed E-state index contributed by atoms with van der Waals surface area (Å²) in [4.78, 5) is 0. The van der Waals surface area contributed by atoms with Gasteiger partial charge in [0.1, 0.15) is 6.10 Å². The average Bonchev–Trinajstić information content (AvgIpc) is 2.14. The van der Waals surface area contributed by atoms with Crippen LogP contribution in [0.3, 0.4) is 0 Å². The van der Waals surface area contributed by atoms with Crippen LogP contribution in [0.25, 0.3) is 0 Å². The van der Waals surface area contributed by atoms with E-state index in [2.05, 4.69) is 13.0 Å². The van der Waals surface area contributed by atoms with Crippen LogP contribution in [0.15, 0.2) is 18.2 Å². The minimum absolute atomic E-state index is 0.389. The Labute approximate surface area is 97.3 Å². The standard InChI is InChI=1S/C14H20O2/c1-10-6-7-13(11(2)8-10)14(15)9-16-12-4-3-5-12/h6-8,12,14-15H,3-5,9H2,1-2H3. The molecule has 1 aromatic carbocycles. The Kier molecular flexibility index (Phi) is 3.62. The van der Waals surface area contributed by atoms with Gasteiger partial charge in [0.2, 0.25) is 0 Å². The molecule has 2 rings (SSSR count). The molecule has 1 aromatic rings. The molecule has 0 bridgehead atoms. The third-order valence-electron chi connectivity index (χ3n) is 3.33. The van der Waals surface area contributed by atoms with E-state index in [0.717, 1.165) is 24.0 Å². The van der Waals surface area contributed by atoms with E-state index in [-0.39, 0.29) is 0 Å². The molecule has 0 heterocycles. The van der Waals surface area contributed by atoms with Gasteiger partial charge in [0.05, 0.1) is 12.7 Å². The van der Waals surface area contributed by atoms with E-state index in [1.807, 2.05) is 19.1 Å². The van der Waals surface area contributed by atoms with E-state index >= 15 is 0 Å². The summed E-state index contributed by atoms with van der Waals surface area (Å²) in [6.45, 7) is 4.53. The predicted octanol–water partition coefficient (Wildman–Crippen LogP) is 2.91. The molecule has 1 unspecified atom stereocenters. The van der Waals surface area contributed by atoms with Crippen molar-refractivity contribution in [3.8, 4) is 0 Å². The van der Waals surface area contributed by atoms with E-state index in [9.17, 15) is 5.11 Å². The van der Waals surface area contributed by atoms with Crippen molar-refractivity contribution in [2.24, 2.45) is 0 Å². The van der Waals surface area contributed by atoms with Gasteiger partial charge in [0.25, 0.3) is 0 Å². The fraction of sp³-hybridized carbons (Fsp3) is 0.571. The summed E-state index contributed by atoms with van der Waals surface area (Å²) in [5, 5.41) is 10.0. The Balaban J connectivity index is 1.93. The van der Waals surface area contributed by atoms with Gasteiger partial charge >= 0.3 is 0 Å². The maximum Gasteiger partial charge on any atom is 0.103 e. The zero-order valence-electron chi connectivity index (χ0n) is 10.1. The first-order valence-corrected chi connectivity index (χ1v) is 6.03. The average molecular weight is 220 g/mol.